The fourth-order valence-electron chi connectivity index (χ4n) is 3.78. The number of nitrogens with zero attached hydrogens (tertiary/aromatic N) is 1. The highest BCUT2D eigenvalue weighted by molar-refractivity contribution is 6.36. The predicted octanol–water partition coefficient (Wildman–Crippen LogP) is 3.48. The van der Waals surface area contributed by atoms with Gasteiger partial charge >= 0.3 is 0 Å². The van der Waals surface area contributed by atoms with Gasteiger partial charge in [-0.2, -0.15) is 0 Å². The summed E-state index contributed by atoms with van der Waals surface area (Å²) >= 11 is 0. The Balaban J connectivity index is 1.64. The summed E-state index contributed by atoms with van der Waals surface area (Å²) in [6.07, 6.45) is 0.569. The van der Waals surface area contributed by atoms with Gasteiger partial charge in [0.2, 0.25) is 0 Å². The van der Waals surface area contributed by atoms with Crippen molar-refractivity contribution in [2.24, 2.45) is 0 Å². The van der Waals surface area contributed by atoms with Gasteiger partial charge in [-0.05, 0) is 50.1 Å². The summed E-state index contributed by atoms with van der Waals surface area (Å²) in [5.74, 6) is 1.25. The van der Waals surface area contributed by atoms with Gasteiger partial charge in [0, 0.05) is 31.5 Å². The number of carbonyl (C=O) groups is 2. The third-order valence-corrected chi connectivity index (χ3v) is 5.31. The molecule has 2 aromatic rings. The zero-order valence-electron chi connectivity index (χ0n) is 18.9. The van der Waals surface area contributed by atoms with Crippen molar-refractivity contribution in [3.63, 3.8) is 0 Å². The van der Waals surface area contributed by atoms with Crippen LogP contribution in [0.1, 0.15) is 25.8 Å². The zero-order chi connectivity index (χ0) is 23.2. The molecule has 0 spiro atoms. The Kier molecular flexibility index (Phi) is 7.14. The maximum absolute atomic E-state index is 13.3. The molecule has 2 aliphatic rings. The minimum atomic E-state index is -0.365. The van der Waals surface area contributed by atoms with Crippen LogP contribution in [0.4, 0.5) is 5.69 Å². The topological polar surface area (TPSA) is 86.3 Å². The lowest BCUT2D eigenvalue weighted by molar-refractivity contribution is -0.137. The van der Waals surface area contributed by atoms with Crippen LogP contribution in [-0.2, 0) is 14.3 Å². The van der Waals surface area contributed by atoms with Crippen molar-refractivity contribution in [1.29, 1.82) is 0 Å². The van der Waals surface area contributed by atoms with Crippen LogP contribution < -0.4 is 19.5 Å². The Morgan fingerprint density at radius 3 is 2.42 bits per heavy atom. The van der Waals surface area contributed by atoms with Crippen LogP contribution >= 0.6 is 0 Å². The molecule has 2 amide bonds. The van der Waals surface area contributed by atoms with Gasteiger partial charge in [-0.3, -0.25) is 14.5 Å². The smallest absolute Gasteiger partial charge is 0.278 e. The summed E-state index contributed by atoms with van der Waals surface area (Å²) < 4.78 is 22.1. The molecule has 2 aliphatic heterocycles. The number of rotatable bonds is 10. The van der Waals surface area contributed by atoms with Gasteiger partial charge in [-0.25, -0.2) is 0 Å². The normalized spacial score (nSPS) is 15.3. The molecule has 0 saturated carbocycles. The average Bonchev–Trinajstić information content (AvgIpc) is 3.06. The molecule has 0 fully saturated rings. The fourth-order valence-corrected chi connectivity index (χ4v) is 3.78. The molecule has 0 saturated heterocycles. The van der Waals surface area contributed by atoms with Crippen molar-refractivity contribution in [1.82, 2.24) is 4.90 Å². The Bertz CT molecular complexity index is 1050. The Labute approximate surface area is 193 Å². The first-order chi connectivity index (χ1) is 16.1. The quantitative estimate of drug-likeness (QED) is 0.436. The highest BCUT2D eigenvalue weighted by atomic mass is 16.6. The first kappa shape index (κ1) is 22.7. The number of hydrogen-bond acceptors (Lipinski definition) is 7. The molecule has 0 unspecified atom stereocenters. The van der Waals surface area contributed by atoms with Gasteiger partial charge < -0.3 is 24.3 Å². The summed E-state index contributed by atoms with van der Waals surface area (Å²) in [6, 6.07) is 12.5. The number of carbonyl (C=O) groups excluding carboxylic acids is 2. The molecule has 0 radical (unpaired) electrons. The second kappa shape index (κ2) is 10.4. The Morgan fingerprint density at radius 2 is 1.70 bits per heavy atom. The lowest BCUT2D eigenvalue weighted by Crippen LogP contribution is -2.34. The van der Waals surface area contributed by atoms with E-state index >= 15 is 0 Å². The fraction of sp³-hybridized carbons (Fsp3) is 0.360. The lowest BCUT2D eigenvalue weighted by atomic mass is 10.0. The molecule has 174 valence electrons. The van der Waals surface area contributed by atoms with Gasteiger partial charge in [0.05, 0.1) is 12.2 Å². The minimum absolute atomic E-state index is 0.234. The number of nitrogens with one attached hydrogen (secondary N) is 1. The zero-order valence-corrected chi connectivity index (χ0v) is 18.9. The van der Waals surface area contributed by atoms with Crippen molar-refractivity contribution >= 4 is 23.1 Å². The number of benzene rings is 2. The third-order valence-electron chi connectivity index (χ3n) is 5.31. The Hall–Kier alpha value is -3.52. The third kappa shape index (κ3) is 4.96. The number of imide groups is 1. The molecule has 2 aromatic carbocycles. The van der Waals surface area contributed by atoms with Crippen molar-refractivity contribution in [2.75, 3.05) is 44.9 Å². The summed E-state index contributed by atoms with van der Waals surface area (Å²) in [7, 11) is 0. The van der Waals surface area contributed by atoms with E-state index in [0.29, 0.717) is 73.5 Å². The standard InChI is InChI=1S/C25H28N2O6/c1-3-30-13-5-12-27-24(28)22(17-6-9-19(10-7-17)31-4-2)23(25(27)29)26-18-8-11-20-21(16-18)33-15-14-32-20/h6-11,16,26H,3-5,12-15H2,1-2H3. The van der Waals surface area contributed by atoms with E-state index in [1.807, 2.05) is 13.8 Å². The number of ether oxygens (including phenoxy) is 4. The van der Waals surface area contributed by atoms with E-state index in [4.69, 9.17) is 18.9 Å². The van der Waals surface area contributed by atoms with Crippen molar-refractivity contribution < 1.29 is 28.5 Å². The minimum Gasteiger partial charge on any atom is -0.494 e. The molecule has 8 heteroatoms. The molecule has 4 rings (SSSR count). The molecule has 2 heterocycles. The largest absolute Gasteiger partial charge is 0.494 e. The van der Waals surface area contributed by atoms with Crippen LogP contribution in [0.25, 0.3) is 5.57 Å². The first-order valence-electron chi connectivity index (χ1n) is 11.2. The van der Waals surface area contributed by atoms with Crippen LogP contribution in [-0.4, -0.2) is 56.3 Å². The molecule has 1 N–H and O–H groups in total. The average molecular weight is 453 g/mol. The number of fused-ring (bicyclic) bond motifs is 1. The van der Waals surface area contributed by atoms with Gasteiger partial charge in [0.15, 0.2) is 11.5 Å². The van der Waals surface area contributed by atoms with Crippen molar-refractivity contribution in [2.45, 2.75) is 20.3 Å². The summed E-state index contributed by atoms with van der Waals surface area (Å²) in [5.41, 5.74) is 1.84. The maximum atomic E-state index is 13.3. The van der Waals surface area contributed by atoms with E-state index in [9.17, 15) is 9.59 Å². The summed E-state index contributed by atoms with van der Waals surface area (Å²) in [4.78, 5) is 27.9. The lowest BCUT2D eigenvalue weighted by Gasteiger charge is -2.19. The van der Waals surface area contributed by atoms with Crippen LogP contribution in [0.2, 0.25) is 0 Å². The van der Waals surface area contributed by atoms with Crippen LogP contribution in [0.5, 0.6) is 17.2 Å². The van der Waals surface area contributed by atoms with Crippen molar-refractivity contribution in [3.05, 3.63) is 53.7 Å². The molecule has 0 aliphatic carbocycles. The van der Waals surface area contributed by atoms with Crippen LogP contribution in [0.15, 0.2) is 48.2 Å². The maximum Gasteiger partial charge on any atom is 0.278 e. The second-order valence-electron chi connectivity index (χ2n) is 7.50. The molecule has 0 aromatic heterocycles. The van der Waals surface area contributed by atoms with E-state index < -0.39 is 0 Å². The molecule has 0 bridgehead atoms. The van der Waals surface area contributed by atoms with Gasteiger partial charge in [0.25, 0.3) is 11.8 Å². The van der Waals surface area contributed by atoms with Gasteiger partial charge in [-0.1, -0.05) is 12.1 Å². The van der Waals surface area contributed by atoms with E-state index in [2.05, 4.69) is 5.32 Å². The molecular formula is C25H28N2O6. The SMILES string of the molecule is CCOCCCN1C(=O)C(Nc2ccc3c(c2)OCCO3)=C(c2ccc(OCC)cc2)C1=O. The molecular weight excluding hydrogens is 424 g/mol. The highest BCUT2D eigenvalue weighted by Crippen LogP contribution is 2.36. The first-order valence-corrected chi connectivity index (χ1v) is 11.2. The number of hydrogen-bond donors (Lipinski definition) is 1. The number of amides is 2. The van der Waals surface area contributed by atoms with E-state index in [1.165, 1.54) is 4.90 Å². The monoisotopic (exact) mass is 452 g/mol. The molecule has 8 nitrogen and oxygen atoms in total. The highest BCUT2D eigenvalue weighted by Gasteiger charge is 2.39. The summed E-state index contributed by atoms with van der Waals surface area (Å²) in [6.45, 7) is 6.68. The van der Waals surface area contributed by atoms with Crippen LogP contribution in [0, 0.1) is 0 Å². The van der Waals surface area contributed by atoms with Gasteiger partial charge in [0.1, 0.15) is 24.7 Å². The molecule has 33 heavy (non-hydrogen) atoms. The number of anilines is 1. The summed E-state index contributed by atoms with van der Waals surface area (Å²) in [5, 5.41) is 3.16. The van der Waals surface area contributed by atoms with Crippen LogP contribution in [0.3, 0.4) is 0 Å². The predicted molar refractivity (Wildman–Crippen MR) is 123 cm³/mol. The second-order valence-corrected chi connectivity index (χ2v) is 7.50. The van der Waals surface area contributed by atoms with E-state index in [0.717, 1.165) is 0 Å². The van der Waals surface area contributed by atoms with Gasteiger partial charge in [-0.15, -0.1) is 0 Å². The van der Waals surface area contributed by atoms with E-state index in [-0.39, 0.29) is 24.1 Å². The molecule has 0 atom stereocenters. The van der Waals surface area contributed by atoms with E-state index in [1.54, 1.807) is 42.5 Å². The Morgan fingerprint density at radius 1 is 0.939 bits per heavy atom. The van der Waals surface area contributed by atoms with Crippen molar-refractivity contribution in [3.8, 4) is 17.2 Å².